The van der Waals surface area contributed by atoms with E-state index < -0.39 is 27.4 Å². The van der Waals surface area contributed by atoms with Crippen molar-refractivity contribution in [3.05, 3.63) is 65.3 Å². The molecule has 1 saturated carbocycles. The molecule has 0 aliphatic heterocycles. The molecule has 0 atom stereocenters. The highest BCUT2D eigenvalue weighted by molar-refractivity contribution is 7.89. The maximum Gasteiger partial charge on any atom is 0.410 e. The van der Waals surface area contributed by atoms with Crippen molar-refractivity contribution < 1.29 is 23.1 Å². The van der Waals surface area contributed by atoms with Gasteiger partial charge in [0.2, 0.25) is 15.9 Å². The Morgan fingerprint density at radius 3 is 2.12 bits per heavy atom. The van der Waals surface area contributed by atoms with Gasteiger partial charge in [0, 0.05) is 0 Å². The summed E-state index contributed by atoms with van der Waals surface area (Å²) in [5.41, 5.74) is 2.40. The molecule has 11 heteroatoms. The second-order valence-electron chi connectivity index (χ2n) is 7.59. The van der Waals surface area contributed by atoms with Crippen LogP contribution in [0.1, 0.15) is 18.4 Å². The molecule has 9 nitrogen and oxygen atoms in total. The normalized spacial score (nSPS) is 14.6. The van der Waals surface area contributed by atoms with Crippen molar-refractivity contribution in [3.63, 3.8) is 0 Å². The number of carbonyl (C=O) groups is 2. The second-order valence-corrected chi connectivity index (χ2v) is 9.75. The first-order valence-corrected chi connectivity index (χ1v) is 11.8. The Morgan fingerprint density at radius 1 is 1.06 bits per heavy atom. The number of halogens is 1. The lowest BCUT2D eigenvalue weighted by Gasteiger charge is -2.15. The van der Waals surface area contributed by atoms with Gasteiger partial charge < -0.3 is 5.11 Å². The summed E-state index contributed by atoms with van der Waals surface area (Å²) in [7, 11) is -3.61. The monoisotopic (exact) mass is 474 g/mol. The number of hydrogen-bond donors (Lipinski definition) is 3. The van der Waals surface area contributed by atoms with Crippen LogP contribution < -0.4 is 10.0 Å². The molecule has 0 bridgehead atoms. The lowest BCUT2D eigenvalue weighted by Crippen LogP contribution is -2.38. The van der Waals surface area contributed by atoms with E-state index in [2.05, 4.69) is 15.1 Å². The topological polar surface area (TPSA) is 130 Å². The van der Waals surface area contributed by atoms with Crippen LogP contribution in [0.25, 0.3) is 16.8 Å². The third kappa shape index (κ3) is 4.32. The van der Waals surface area contributed by atoms with Gasteiger partial charge in [-0.3, -0.25) is 14.8 Å². The first-order valence-electron chi connectivity index (χ1n) is 9.56. The van der Waals surface area contributed by atoms with E-state index in [1.165, 1.54) is 10.9 Å². The van der Waals surface area contributed by atoms with Crippen LogP contribution in [0.2, 0.25) is 5.02 Å². The molecule has 2 amide bonds. The zero-order chi connectivity index (χ0) is 23.1. The first-order chi connectivity index (χ1) is 15.1. The number of hydrogen-bond acceptors (Lipinski definition) is 5. The number of carbonyl (C=O) groups excluding carboxylic acids is 1. The van der Waals surface area contributed by atoms with E-state index in [1.807, 2.05) is 36.4 Å². The SMILES string of the molecule is CS(=O)(=O)NC(=O)C1(c2ccc(-c3ccc(-n4ncc(Cl)c4NC(=O)O)cc3)cc2)CC1. The summed E-state index contributed by atoms with van der Waals surface area (Å²) in [5.74, 6) is -0.348. The molecule has 4 rings (SSSR count). The molecule has 1 fully saturated rings. The molecule has 3 N–H and O–H groups in total. The van der Waals surface area contributed by atoms with Gasteiger partial charge in [-0.25, -0.2) is 17.9 Å². The Morgan fingerprint density at radius 2 is 1.62 bits per heavy atom. The van der Waals surface area contributed by atoms with E-state index in [0.29, 0.717) is 18.5 Å². The van der Waals surface area contributed by atoms with Gasteiger partial charge in [-0.2, -0.15) is 5.10 Å². The molecule has 1 aromatic heterocycles. The van der Waals surface area contributed by atoms with Gasteiger partial charge >= 0.3 is 6.09 Å². The van der Waals surface area contributed by atoms with E-state index in [1.54, 1.807) is 12.1 Å². The highest BCUT2D eigenvalue weighted by Gasteiger charge is 2.51. The minimum absolute atomic E-state index is 0.151. The zero-order valence-electron chi connectivity index (χ0n) is 16.9. The first kappa shape index (κ1) is 21.8. The predicted molar refractivity (Wildman–Crippen MR) is 120 cm³/mol. The molecular formula is C21H19ClN4O5S. The van der Waals surface area contributed by atoms with Crippen molar-refractivity contribution in [2.45, 2.75) is 18.3 Å². The number of nitrogens with zero attached hydrogens (tertiary/aromatic N) is 2. The van der Waals surface area contributed by atoms with Gasteiger partial charge in [-0.15, -0.1) is 0 Å². The van der Waals surface area contributed by atoms with Gasteiger partial charge in [-0.1, -0.05) is 48.0 Å². The van der Waals surface area contributed by atoms with E-state index >= 15 is 0 Å². The molecule has 0 radical (unpaired) electrons. The van der Waals surface area contributed by atoms with Crippen molar-refractivity contribution in [2.75, 3.05) is 11.6 Å². The van der Waals surface area contributed by atoms with Crippen molar-refractivity contribution in [3.8, 4) is 16.8 Å². The lowest BCUT2D eigenvalue weighted by molar-refractivity contribution is -0.121. The zero-order valence-corrected chi connectivity index (χ0v) is 18.4. The number of amides is 2. The smallest absolute Gasteiger partial charge is 0.410 e. The van der Waals surface area contributed by atoms with E-state index in [9.17, 15) is 18.0 Å². The van der Waals surface area contributed by atoms with Crippen molar-refractivity contribution in [1.29, 1.82) is 0 Å². The molecule has 0 unspecified atom stereocenters. The van der Waals surface area contributed by atoms with Crippen LogP contribution in [-0.2, 0) is 20.2 Å². The van der Waals surface area contributed by atoms with Crippen LogP contribution in [0.5, 0.6) is 0 Å². The summed E-state index contributed by atoms with van der Waals surface area (Å²) in [4.78, 5) is 23.4. The van der Waals surface area contributed by atoms with Crippen molar-refractivity contribution in [2.24, 2.45) is 0 Å². The number of aromatic nitrogens is 2. The quantitative estimate of drug-likeness (QED) is 0.502. The fourth-order valence-corrected chi connectivity index (χ4v) is 4.26. The number of benzene rings is 2. The van der Waals surface area contributed by atoms with Gasteiger partial charge in [0.1, 0.15) is 5.02 Å². The molecule has 0 spiro atoms. The van der Waals surface area contributed by atoms with Crippen LogP contribution in [0.3, 0.4) is 0 Å². The number of rotatable bonds is 6. The molecule has 1 aliphatic rings. The van der Waals surface area contributed by atoms with E-state index in [-0.39, 0.29) is 10.8 Å². The van der Waals surface area contributed by atoms with Crippen LogP contribution in [0, 0.1) is 0 Å². The average Bonchev–Trinajstić information content (AvgIpc) is 3.47. The van der Waals surface area contributed by atoms with Crippen molar-refractivity contribution in [1.82, 2.24) is 14.5 Å². The van der Waals surface area contributed by atoms with E-state index in [0.717, 1.165) is 22.9 Å². The standard InChI is InChI=1S/C21H19ClN4O5S/c1-32(30,31)25-19(27)21(10-11-21)15-6-2-13(3-7-15)14-4-8-16(9-5-14)26-18(24-20(28)29)17(22)12-23-26/h2-9,12,24H,10-11H2,1H3,(H,25,27)(H,28,29). The molecular weight excluding hydrogens is 456 g/mol. The minimum Gasteiger partial charge on any atom is -0.465 e. The summed E-state index contributed by atoms with van der Waals surface area (Å²) in [6.45, 7) is 0. The largest absolute Gasteiger partial charge is 0.465 e. The summed E-state index contributed by atoms with van der Waals surface area (Å²) >= 11 is 6.01. The summed E-state index contributed by atoms with van der Waals surface area (Å²) in [6, 6.07) is 14.7. The van der Waals surface area contributed by atoms with Gasteiger partial charge in [0.05, 0.1) is 23.6 Å². The van der Waals surface area contributed by atoms with Crippen LogP contribution in [-0.4, -0.2) is 41.6 Å². The fourth-order valence-electron chi connectivity index (χ4n) is 3.55. The van der Waals surface area contributed by atoms with Crippen LogP contribution in [0.15, 0.2) is 54.7 Å². The number of carboxylic acid groups (broad SMARTS) is 1. The second kappa shape index (κ2) is 7.95. The Kier molecular flexibility index (Phi) is 5.43. The Balaban J connectivity index is 1.55. The summed E-state index contributed by atoms with van der Waals surface area (Å²) in [5, 5.41) is 15.5. The third-order valence-corrected chi connectivity index (χ3v) is 6.13. The molecule has 166 valence electrons. The molecule has 3 aromatic rings. The Hall–Kier alpha value is -3.37. The van der Waals surface area contributed by atoms with Gasteiger partial charge in [-0.05, 0) is 41.7 Å². The highest BCUT2D eigenvalue weighted by Crippen LogP contribution is 2.48. The van der Waals surface area contributed by atoms with E-state index in [4.69, 9.17) is 16.7 Å². The highest BCUT2D eigenvalue weighted by atomic mass is 35.5. The molecule has 0 saturated heterocycles. The minimum atomic E-state index is -3.61. The Bertz CT molecular complexity index is 1300. The maximum atomic E-state index is 12.4. The van der Waals surface area contributed by atoms with Gasteiger partial charge in [0.25, 0.3) is 0 Å². The fraction of sp³-hybridized carbons (Fsp3) is 0.190. The van der Waals surface area contributed by atoms with Crippen molar-refractivity contribution >= 4 is 39.4 Å². The predicted octanol–water partition coefficient (Wildman–Crippen LogP) is 3.39. The third-order valence-electron chi connectivity index (χ3n) is 5.30. The summed E-state index contributed by atoms with van der Waals surface area (Å²) in [6.07, 6.45) is 2.27. The molecule has 32 heavy (non-hydrogen) atoms. The number of anilines is 1. The average molecular weight is 475 g/mol. The Labute approximate surface area is 189 Å². The van der Waals surface area contributed by atoms with Gasteiger partial charge in [0.15, 0.2) is 5.82 Å². The van der Waals surface area contributed by atoms with Crippen LogP contribution >= 0.6 is 11.6 Å². The molecule has 2 aromatic carbocycles. The number of nitrogens with one attached hydrogen (secondary N) is 2. The summed E-state index contributed by atoms with van der Waals surface area (Å²) < 4.78 is 26.3. The maximum absolute atomic E-state index is 12.4. The lowest BCUT2D eigenvalue weighted by atomic mass is 9.93. The van der Waals surface area contributed by atoms with Crippen LogP contribution in [0.4, 0.5) is 10.6 Å². The number of sulfonamides is 1. The molecule has 1 heterocycles. The molecule has 1 aliphatic carbocycles.